The summed E-state index contributed by atoms with van der Waals surface area (Å²) in [4.78, 5) is 13.7. The molecule has 0 aliphatic heterocycles. The highest BCUT2D eigenvalue weighted by molar-refractivity contribution is 7.16. The Morgan fingerprint density at radius 3 is 2.62 bits per heavy atom. The molecule has 0 unspecified atom stereocenters. The number of nitrogens with one attached hydrogen (secondary N) is 1. The summed E-state index contributed by atoms with van der Waals surface area (Å²) in [5.41, 5.74) is 3.66. The van der Waals surface area contributed by atoms with E-state index in [1.807, 2.05) is 30.3 Å². The highest BCUT2D eigenvalue weighted by Gasteiger charge is 2.22. The van der Waals surface area contributed by atoms with Gasteiger partial charge in [0.2, 0.25) is 0 Å². The van der Waals surface area contributed by atoms with Crippen molar-refractivity contribution in [1.82, 2.24) is 0 Å². The van der Waals surface area contributed by atoms with Gasteiger partial charge in [0.1, 0.15) is 22.7 Å². The van der Waals surface area contributed by atoms with Crippen LogP contribution in [0, 0.1) is 22.7 Å². The standard InChI is InChI=1S/C21H19N3OS/c1-2-14-7-9-15(10-8-14)11-16(12-22)20(25)24-21-18(13-23)17-5-3-4-6-19(17)26-21/h7-11H,2-6H2,1H3,(H,24,25)/b16-11+. The van der Waals surface area contributed by atoms with Crippen LogP contribution >= 0.6 is 11.3 Å². The number of carbonyl (C=O) groups excluding carboxylic acids is 1. The zero-order chi connectivity index (χ0) is 18.5. The zero-order valence-corrected chi connectivity index (χ0v) is 15.4. The summed E-state index contributed by atoms with van der Waals surface area (Å²) in [6, 6.07) is 12.0. The van der Waals surface area contributed by atoms with E-state index in [4.69, 9.17) is 0 Å². The Hall–Kier alpha value is -2.89. The Labute approximate surface area is 157 Å². The van der Waals surface area contributed by atoms with Crippen LogP contribution in [0.5, 0.6) is 0 Å². The number of nitriles is 2. The Morgan fingerprint density at radius 1 is 1.23 bits per heavy atom. The molecule has 0 fully saturated rings. The molecule has 0 saturated heterocycles. The maximum Gasteiger partial charge on any atom is 0.266 e. The van der Waals surface area contributed by atoms with Crippen molar-refractivity contribution in [2.45, 2.75) is 39.0 Å². The molecule has 5 heteroatoms. The van der Waals surface area contributed by atoms with Gasteiger partial charge in [0.15, 0.2) is 0 Å². The van der Waals surface area contributed by atoms with Gasteiger partial charge in [0.25, 0.3) is 5.91 Å². The number of amides is 1. The minimum atomic E-state index is -0.470. The fourth-order valence-electron chi connectivity index (χ4n) is 3.11. The average molecular weight is 361 g/mol. The number of anilines is 1. The van der Waals surface area contributed by atoms with Crippen LogP contribution in [-0.2, 0) is 24.1 Å². The number of aryl methyl sites for hydroxylation is 2. The fraction of sp³-hybridized carbons (Fsp3) is 0.286. The number of carbonyl (C=O) groups is 1. The highest BCUT2D eigenvalue weighted by atomic mass is 32.1. The number of hydrogen-bond donors (Lipinski definition) is 1. The second-order valence-corrected chi connectivity index (χ2v) is 7.35. The first-order valence-electron chi connectivity index (χ1n) is 8.73. The van der Waals surface area contributed by atoms with Crippen LogP contribution in [-0.4, -0.2) is 5.91 Å². The minimum Gasteiger partial charge on any atom is -0.312 e. The number of fused-ring (bicyclic) bond motifs is 1. The second-order valence-electron chi connectivity index (χ2n) is 6.25. The van der Waals surface area contributed by atoms with Crippen LogP contribution in [0.1, 0.15) is 46.9 Å². The number of rotatable bonds is 4. The van der Waals surface area contributed by atoms with E-state index in [0.717, 1.165) is 43.2 Å². The van der Waals surface area contributed by atoms with Gasteiger partial charge in [-0.15, -0.1) is 11.3 Å². The Kier molecular flexibility index (Phi) is 5.51. The van der Waals surface area contributed by atoms with E-state index in [2.05, 4.69) is 18.3 Å². The molecule has 26 heavy (non-hydrogen) atoms. The summed E-state index contributed by atoms with van der Waals surface area (Å²) in [6.45, 7) is 2.08. The van der Waals surface area contributed by atoms with E-state index in [9.17, 15) is 15.3 Å². The quantitative estimate of drug-likeness (QED) is 0.638. The summed E-state index contributed by atoms with van der Waals surface area (Å²) in [5.74, 6) is -0.470. The summed E-state index contributed by atoms with van der Waals surface area (Å²) < 4.78 is 0. The van der Waals surface area contributed by atoms with E-state index >= 15 is 0 Å². The molecule has 0 atom stereocenters. The third-order valence-corrected chi connectivity index (χ3v) is 5.78. The van der Waals surface area contributed by atoms with Gasteiger partial charge in [-0.2, -0.15) is 10.5 Å². The zero-order valence-electron chi connectivity index (χ0n) is 14.6. The first-order chi connectivity index (χ1) is 12.7. The number of hydrogen-bond acceptors (Lipinski definition) is 4. The molecule has 1 aliphatic rings. The predicted molar refractivity (Wildman–Crippen MR) is 104 cm³/mol. The lowest BCUT2D eigenvalue weighted by Crippen LogP contribution is -2.13. The molecule has 4 nitrogen and oxygen atoms in total. The maximum absolute atomic E-state index is 12.5. The van der Waals surface area contributed by atoms with Crippen molar-refractivity contribution < 1.29 is 4.79 Å². The Bertz CT molecular complexity index is 939. The van der Waals surface area contributed by atoms with Crippen molar-refractivity contribution in [1.29, 1.82) is 10.5 Å². The van der Waals surface area contributed by atoms with Gasteiger partial charge in [-0.25, -0.2) is 0 Å². The molecule has 2 aromatic rings. The van der Waals surface area contributed by atoms with E-state index in [1.54, 1.807) is 6.08 Å². The fourth-order valence-corrected chi connectivity index (χ4v) is 4.34. The van der Waals surface area contributed by atoms with Crippen LogP contribution < -0.4 is 5.32 Å². The summed E-state index contributed by atoms with van der Waals surface area (Å²) >= 11 is 1.46. The normalized spacial score (nSPS) is 13.4. The van der Waals surface area contributed by atoms with E-state index < -0.39 is 5.91 Å². The molecule has 0 saturated carbocycles. The molecule has 1 aliphatic carbocycles. The molecule has 1 aromatic heterocycles. The monoisotopic (exact) mass is 361 g/mol. The van der Waals surface area contributed by atoms with Crippen molar-refractivity contribution in [3.63, 3.8) is 0 Å². The smallest absolute Gasteiger partial charge is 0.266 e. The van der Waals surface area contributed by atoms with Gasteiger partial charge >= 0.3 is 0 Å². The van der Waals surface area contributed by atoms with Crippen LogP contribution in [0.2, 0.25) is 0 Å². The molecule has 1 aromatic carbocycles. The van der Waals surface area contributed by atoms with Crippen molar-refractivity contribution in [2.75, 3.05) is 5.32 Å². The lowest BCUT2D eigenvalue weighted by atomic mass is 9.96. The SMILES string of the molecule is CCc1ccc(/C=C(\C#N)C(=O)Nc2sc3c(c2C#N)CCCC3)cc1. The molecule has 0 spiro atoms. The van der Waals surface area contributed by atoms with Gasteiger partial charge < -0.3 is 5.32 Å². The first-order valence-corrected chi connectivity index (χ1v) is 9.54. The van der Waals surface area contributed by atoms with Gasteiger partial charge in [0, 0.05) is 4.88 Å². The molecular formula is C21H19N3OS. The van der Waals surface area contributed by atoms with E-state index in [0.29, 0.717) is 10.6 Å². The van der Waals surface area contributed by atoms with Crippen molar-refractivity contribution >= 4 is 28.3 Å². The molecule has 130 valence electrons. The van der Waals surface area contributed by atoms with Crippen LogP contribution in [0.25, 0.3) is 6.08 Å². The van der Waals surface area contributed by atoms with Crippen molar-refractivity contribution in [2.24, 2.45) is 0 Å². The van der Waals surface area contributed by atoms with Crippen molar-refractivity contribution in [3.05, 3.63) is 57.0 Å². The molecule has 0 bridgehead atoms. The maximum atomic E-state index is 12.5. The number of thiophene rings is 1. The van der Waals surface area contributed by atoms with Gasteiger partial charge in [0.05, 0.1) is 5.56 Å². The molecule has 1 N–H and O–H groups in total. The summed E-state index contributed by atoms with van der Waals surface area (Å²) in [6.07, 6.45) is 6.54. The third-order valence-electron chi connectivity index (χ3n) is 4.57. The number of benzene rings is 1. The van der Waals surface area contributed by atoms with Gasteiger partial charge in [-0.1, -0.05) is 31.2 Å². The van der Waals surface area contributed by atoms with Gasteiger partial charge in [-0.3, -0.25) is 4.79 Å². The molecule has 3 rings (SSSR count). The van der Waals surface area contributed by atoms with Crippen molar-refractivity contribution in [3.8, 4) is 12.1 Å². The third kappa shape index (κ3) is 3.69. The highest BCUT2D eigenvalue weighted by Crippen LogP contribution is 2.37. The largest absolute Gasteiger partial charge is 0.312 e. The predicted octanol–water partition coefficient (Wildman–Crippen LogP) is 4.61. The molecule has 1 amide bonds. The second kappa shape index (κ2) is 7.99. The Morgan fingerprint density at radius 2 is 1.96 bits per heavy atom. The lowest BCUT2D eigenvalue weighted by molar-refractivity contribution is -0.112. The molecule has 0 radical (unpaired) electrons. The Balaban J connectivity index is 1.84. The van der Waals surface area contributed by atoms with Gasteiger partial charge in [-0.05, 0) is 54.9 Å². The minimum absolute atomic E-state index is 0.0320. The molecular weight excluding hydrogens is 342 g/mol. The average Bonchev–Trinajstić information content (AvgIpc) is 3.03. The summed E-state index contributed by atoms with van der Waals surface area (Å²) in [7, 11) is 0. The van der Waals surface area contributed by atoms with Crippen LogP contribution in [0.3, 0.4) is 0 Å². The topological polar surface area (TPSA) is 76.7 Å². The van der Waals surface area contributed by atoms with Crippen LogP contribution in [0.4, 0.5) is 5.00 Å². The number of nitrogens with zero attached hydrogens (tertiary/aromatic N) is 2. The van der Waals surface area contributed by atoms with Crippen LogP contribution in [0.15, 0.2) is 29.8 Å². The summed E-state index contributed by atoms with van der Waals surface area (Å²) in [5, 5.41) is 22.2. The lowest BCUT2D eigenvalue weighted by Gasteiger charge is -2.09. The van der Waals surface area contributed by atoms with E-state index in [-0.39, 0.29) is 5.57 Å². The first kappa shape index (κ1) is 17.9. The molecule has 1 heterocycles. The van der Waals surface area contributed by atoms with E-state index in [1.165, 1.54) is 21.8 Å².